The second-order valence-electron chi connectivity index (χ2n) is 6.40. The number of anilines is 2. The Labute approximate surface area is 161 Å². The van der Waals surface area contributed by atoms with Crippen LogP contribution in [0, 0.1) is 0 Å². The maximum atomic E-state index is 12.3. The van der Waals surface area contributed by atoms with Crippen LogP contribution < -0.4 is 10.2 Å². The molecule has 1 aromatic carbocycles. The molecule has 3 aromatic rings. The molecule has 1 aliphatic heterocycles. The Morgan fingerprint density at radius 3 is 2.74 bits per heavy atom. The third kappa shape index (κ3) is 4.51. The van der Waals surface area contributed by atoms with E-state index in [1.54, 1.807) is 12.6 Å². The summed E-state index contributed by atoms with van der Waals surface area (Å²) in [6.45, 7) is 2.77. The topological polar surface area (TPSA) is 76.2 Å². The number of nitrogens with zero attached hydrogens (tertiary/aromatic N) is 4. The summed E-state index contributed by atoms with van der Waals surface area (Å²) in [6, 6.07) is 11.8. The van der Waals surface area contributed by atoms with Crippen LogP contribution in [0.4, 0.5) is 11.4 Å². The van der Waals surface area contributed by atoms with Crippen molar-refractivity contribution < 1.29 is 9.21 Å². The molecule has 0 unspecified atom stereocenters. The van der Waals surface area contributed by atoms with Crippen molar-refractivity contribution in [1.82, 2.24) is 14.8 Å². The number of furan rings is 1. The number of nitrogens with one attached hydrogen (secondary N) is 1. The molecule has 140 valence electrons. The van der Waals surface area contributed by atoms with Crippen LogP contribution in [0.3, 0.4) is 0 Å². The molecule has 0 aliphatic carbocycles. The zero-order valence-corrected chi connectivity index (χ0v) is 15.7. The van der Waals surface area contributed by atoms with Crippen LogP contribution in [0.25, 0.3) is 0 Å². The lowest BCUT2D eigenvalue weighted by molar-refractivity contribution is -0.113. The minimum Gasteiger partial charge on any atom is -0.467 e. The van der Waals surface area contributed by atoms with Gasteiger partial charge >= 0.3 is 0 Å². The van der Waals surface area contributed by atoms with E-state index in [2.05, 4.69) is 32.5 Å². The van der Waals surface area contributed by atoms with E-state index in [1.807, 2.05) is 28.8 Å². The van der Waals surface area contributed by atoms with E-state index < -0.39 is 0 Å². The highest BCUT2D eigenvalue weighted by Crippen LogP contribution is 2.22. The Hall–Kier alpha value is -2.74. The predicted octanol–water partition coefficient (Wildman–Crippen LogP) is 3.25. The van der Waals surface area contributed by atoms with Gasteiger partial charge in [-0.3, -0.25) is 4.79 Å². The fourth-order valence-electron chi connectivity index (χ4n) is 3.09. The van der Waals surface area contributed by atoms with Crippen molar-refractivity contribution in [2.24, 2.45) is 0 Å². The van der Waals surface area contributed by atoms with Gasteiger partial charge in [-0.15, -0.1) is 10.2 Å². The monoisotopic (exact) mass is 383 g/mol. The minimum atomic E-state index is -0.0681. The van der Waals surface area contributed by atoms with Gasteiger partial charge in [0.1, 0.15) is 12.1 Å². The summed E-state index contributed by atoms with van der Waals surface area (Å²) in [7, 11) is 0. The average molecular weight is 383 g/mol. The lowest BCUT2D eigenvalue weighted by Crippen LogP contribution is -2.18. The molecule has 0 saturated carbocycles. The maximum absolute atomic E-state index is 12.3. The molecular formula is C19H21N5O2S. The predicted molar refractivity (Wildman–Crippen MR) is 105 cm³/mol. The summed E-state index contributed by atoms with van der Waals surface area (Å²) >= 11 is 1.35. The Bertz CT molecular complexity index is 870. The highest BCUT2D eigenvalue weighted by atomic mass is 32.2. The first kappa shape index (κ1) is 17.7. The van der Waals surface area contributed by atoms with E-state index >= 15 is 0 Å². The molecule has 1 saturated heterocycles. The number of amides is 1. The van der Waals surface area contributed by atoms with Gasteiger partial charge in [-0.2, -0.15) is 0 Å². The summed E-state index contributed by atoms with van der Waals surface area (Å²) in [5.41, 5.74) is 2.02. The minimum absolute atomic E-state index is 0.0681. The smallest absolute Gasteiger partial charge is 0.234 e. The van der Waals surface area contributed by atoms with Crippen LogP contribution in [0.1, 0.15) is 18.6 Å². The fraction of sp³-hybridized carbons (Fsp3) is 0.316. The summed E-state index contributed by atoms with van der Waals surface area (Å²) in [5, 5.41) is 11.6. The number of carbonyl (C=O) groups is 1. The number of carbonyl (C=O) groups excluding carboxylic acids is 1. The van der Waals surface area contributed by atoms with Gasteiger partial charge in [-0.1, -0.05) is 11.8 Å². The molecule has 0 bridgehead atoms. The second kappa shape index (κ2) is 8.30. The van der Waals surface area contributed by atoms with Gasteiger partial charge in [0, 0.05) is 24.5 Å². The van der Waals surface area contributed by atoms with Gasteiger partial charge in [0.25, 0.3) is 0 Å². The van der Waals surface area contributed by atoms with Gasteiger partial charge in [0.05, 0.1) is 18.6 Å². The van der Waals surface area contributed by atoms with E-state index in [0.717, 1.165) is 24.5 Å². The molecule has 27 heavy (non-hydrogen) atoms. The maximum Gasteiger partial charge on any atom is 0.234 e. The summed E-state index contributed by atoms with van der Waals surface area (Å²) in [5.74, 6) is 1.02. The lowest BCUT2D eigenvalue weighted by Gasteiger charge is -2.17. The van der Waals surface area contributed by atoms with Crippen LogP contribution in [0.2, 0.25) is 0 Å². The molecule has 0 atom stereocenters. The molecule has 4 rings (SSSR count). The first-order valence-electron chi connectivity index (χ1n) is 8.96. The van der Waals surface area contributed by atoms with Crippen LogP contribution in [-0.2, 0) is 11.3 Å². The molecule has 1 fully saturated rings. The van der Waals surface area contributed by atoms with Gasteiger partial charge in [0.15, 0.2) is 5.16 Å². The molecule has 3 heterocycles. The Morgan fingerprint density at radius 2 is 2.00 bits per heavy atom. The normalized spacial score (nSPS) is 13.9. The van der Waals surface area contributed by atoms with Crippen molar-refractivity contribution in [1.29, 1.82) is 0 Å². The van der Waals surface area contributed by atoms with E-state index in [-0.39, 0.29) is 11.7 Å². The van der Waals surface area contributed by atoms with E-state index in [9.17, 15) is 4.79 Å². The number of rotatable bonds is 7. The molecule has 7 nitrogen and oxygen atoms in total. The molecule has 8 heteroatoms. The Kier molecular flexibility index (Phi) is 5.43. The standard InChI is InChI=1S/C19H21N5O2S/c25-18(21-15-5-7-16(8-6-15)23-9-1-2-10-23)13-27-19-22-20-14-24(19)12-17-4-3-11-26-17/h3-8,11,14H,1-2,9-10,12-13H2,(H,21,25). The summed E-state index contributed by atoms with van der Waals surface area (Å²) < 4.78 is 7.21. The van der Waals surface area contributed by atoms with Crippen molar-refractivity contribution in [2.45, 2.75) is 24.5 Å². The third-order valence-electron chi connectivity index (χ3n) is 4.44. The quantitative estimate of drug-likeness (QED) is 0.631. The first-order chi connectivity index (χ1) is 13.3. The summed E-state index contributed by atoms with van der Waals surface area (Å²) in [6.07, 6.45) is 5.77. The van der Waals surface area contributed by atoms with Crippen molar-refractivity contribution in [3.05, 3.63) is 54.7 Å². The summed E-state index contributed by atoms with van der Waals surface area (Å²) in [4.78, 5) is 14.6. The van der Waals surface area contributed by atoms with Crippen molar-refractivity contribution in [3.63, 3.8) is 0 Å². The largest absolute Gasteiger partial charge is 0.467 e. The van der Waals surface area contributed by atoms with Crippen molar-refractivity contribution >= 4 is 29.0 Å². The fourth-order valence-corrected chi connectivity index (χ4v) is 3.81. The number of thioether (sulfide) groups is 1. The number of aromatic nitrogens is 3. The lowest BCUT2D eigenvalue weighted by atomic mass is 10.2. The zero-order valence-electron chi connectivity index (χ0n) is 14.9. The highest BCUT2D eigenvalue weighted by molar-refractivity contribution is 7.99. The highest BCUT2D eigenvalue weighted by Gasteiger charge is 2.13. The van der Waals surface area contributed by atoms with Gasteiger partial charge in [0.2, 0.25) is 5.91 Å². The number of benzene rings is 1. The molecule has 0 radical (unpaired) electrons. The van der Waals surface area contributed by atoms with Gasteiger partial charge in [-0.05, 0) is 49.2 Å². The molecule has 1 amide bonds. The van der Waals surface area contributed by atoms with Crippen LogP contribution >= 0.6 is 11.8 Å². The average Bonchev–Trinajstić information content (AvgIpc) is 3.44. The molecule has 1 aliphatic rings. The molecule has 0 spiro atoms. The molecule has 1 N–H and O–H groups in total. The number of hydrogen-bond acceptors (Lipinski definition) is 6. The number of hydrogen-bond donors (Lipinski definition) is 1. The van der Waals surface area contributed by atoms with E-state index in [0.29, 0.717) is 11.7 Å². The van der Waals surface area contributed by atoms with Crippen molar-refractivity contribution in [3.8, 4) is 0 Å². The van der Waals surface area contributed by atoms with Crippen molar-refractivity contribution in [2.75, 3.05) is 29.1 Å². The van der Waals surface area contributed by atoms with Crippen LogP contribution in [-0.4, -0.2) is 39.5 Å². The third-order valence-corrected chi connectivity index (χ3v) is 5.42. The van der Waals surface area contributed by atoms with Crippen LogP contribution in [0.15, 0.2) is 58.6 Å². The molecular weight excluding hydrogens is 362 g/mol. The van der Waals surface area contributed by atoms with E-state index in [4.69, 9.17) is 4.42 Å². The van der Waals surface area contributed by atoms with E-state index in [1.165, 1.54) is 30.3 Å². The van der Waals surface area contributed by atoms with Gasteiger partial charge < -0.3 is 19.2 Å². The first-order valence-corrected chi connectivity index (χ1v) is 9.94. The van der Waals surface area contributed by atoms with Gasteiger partial charge in [-0.25, -0.2) is 0 Å². The zero-order chi connectivity index (χ0) is 18.5. The SMILES string of the molecule is O=C(CSc1nncn1Cc1ccco1)Nc1ccc(N2CCCC2)cc1. The molecule has 2 aromatic heterocycles. The Morgan fingerprint density at radius 1 is 1.19 bits per heavy atom. The Balaban J connectivity index is 1.29. The van der Waals surface area contributed by atoms with Crippen LogP contribution in [0.5, 0.6) is 0 Å². The second-order valence-corrected chi connectivity index (χ2v) is 7.34.